The maximum absolute atomic E-state index is 12.9. The summed E-state index contributed by atoms with van der Waals surface area (Å²) in [6.07, 6.45) is 4.85. The molecule has 3 aliphatic rings. The molecule has 2 heterocycles. The maximum atomic E-state index is 12.9. The normalized spacial score (nSPS) is 21.1. The number of ether oxygens (including phenoxy) is 3. The van der Waals surface area contributed by atoms with E-state index in [1.165, 1.54) is 0 Å². The highest BCUT2D eigenvalue weighted by molar-refractivity contribution is 6.08. The van der Waals surface area contributed by atoms with Gasteiger partial charge in [0.2, 0.25) is 11.8 Å². The first kappa shape index (κ1) is 25.2. The van der Waals surface area contributed by atoms with Crippen molar-refractivity contribution in [3.63, 3.8) is 0 Å². The first-order chi connectivity index (χ1) is 17.2. The predicted molar refractivity (Wildman–Crippen MR) is 126 cm³/mol. The number of esters is 1. The minimum absolute atomic E-state index is 0.0190. The summed E-state index contributed by atoms with van der Waals surface area (Å²) in [4.78, 5) is 64.2. The number of carbonyl (C=O) groups excluding carboxylic acids is 5. The van der Waals surface area contributed by atoms with Crippen LogP contribution in [0, 0.1) is 17.8 Å². The number of benzene rings is 1. The van der Waals surface area contributed by atoms with E-state index in [9.17, 15) is 24.0 Å². The number of rotatable bonds is 7. The molecule has 0 radical (unpaired) electrons. The number of hydrogen-bond acceptors (Lipinski definition) is 8. The first-order valence-corrected chi connectivity index (χ1v) is 11.9. The number of amides is 5. The molecule has 1 aromatic carbocycles. The Kier molecular flexibility index (Phi) is 7.56. The molecule has 1 saturated heterocycles. The zero-order valence-electron chi connectivity index (χ0n) is 20.2. The molecule has 2 aliphatic heterocycles. The van der Waals surface area contributed by atoms with E-state index in [1.807, 2.05) is 26.0 Å². The number of imide groups is 2. The Balaban J connectivity index is 1.32. The van der Waals surface area contributed by atoms with Crippen LogP contribution in [0.3, 0.4) is 0 Å². The van der Waals surface area contributed by atoms with Gasteiger partial charge in [0.05, 0.1) is 11.8 Å². The van der Waals surface area contributed by atoms with Gasteiger partial charge >= 0.3 is 12.0 Å². The molecule has 11 heteroatoms. The van der Waals surface area contributed by atoms with Gasteiger partial charge in [-0.25, -0.2) is 9.59 Å². The molecule has 4 rings (SSSR count). The summed E-state index contributed by atoms with van der Waals surface area (Å²) in [5, 5.41) is 4.57. The number of urea groups is 1. The lowest BCUT2D eigenvalue weighted by atomic mass is 9.85. The SMILES string of the molecule is CC(C)CC(C(=O)OCC(=O)NC(=O)Nc1ccc2c(c1)OCCO2)N1C(=O)C2CC=CCC2C1=O. The second-order valence-electron chi connectivity index (χ2n) is 9.32. The Morgan fingerprint density at radius 3 is 2.31 bits per heavy atom. The average molecular weight is 500 g/mol. The van der Waals surface area contributed by atoms with Gasteiger partial charge in [-0.2, -0.15) is 0 Å². The van der Waals surface area contributed by atoms with Crippen molar-refractivity contribution in [2.24, 2.45) is 17.8 Å². The fraction of sp³-hybridized carbons (Fsp3) is 0.480. The van der Waals surface area contributed by atoms with E-state index in [0.29, 0.717) is 43.2 Å². The van der Waals surface area contributed by atoms with Crippen molar-refractivity contribution < 1.29 is 38.2 Å². The lowest BCUT2D eigenvalue weighted by Gasteiger charge is -2.26. The lowest BCUT2D eigenvalue weighted by molar-refractivity contribution is -0.161. The molecular weight excluding hydrogens is 470 g/mol. The summed E-state index contributed by atoms with van der Waals surface area (Å²) in [6, 6.07) is 2.83. The fourth-order valence-corrected chi connectivity index (χ4v) is 4.57. The molecule has 1 aliphatic carbocycles. The van der Waals surface area contributed by atoms with E-state index < -0.39 is 42.4 Å². The Hall–Kier alpha value is -3.89. The summed E-state index contributed by atoms with van der Waals surface area (Å²) in [6.45, 7) is 3.79. The van der Waals surface area contributed by atoms with Crippen molar-refractivity contribution in [1.82, 2.24) is 10.2 Å². The predicted octanol–water partition coefficient (Wildman–Crippen LogP) is 2.01. The van der Waals surface area contributed by atoms with Gasteiger partial charge in [0.15, 0.2) is 18.1 Å². The van der Waals surface area contributed by atoms with Gasteiger partial charge in [0.1, 0.15) is 19.3 Å². The number of nitrogens with one attached hydrogen (secondary N) is 2. The molecule has 1 aromatic rings. The molecule has 0 spiro atoms. The molecule has 1 fully saturated rings. The highest BCUT2D eigenvalue weighted by Gasteiger charge is 2.51. The highest BCUT2D eigenvalue weighted by Crippen LogP contribution is 2.37. The van der Waals surface area contributed by atoms with Crippen molar-refractivity contribution in [2.75, 3.05) is 25.1 Å². The fourth-order valence-electron chi connectivity index (χ4n) is 4.57. The van der Waals surface area contributed by atoms with Gasteiger partial charge in [0, 0.05) is 11.8 Å². The lowest BCUT2D eigenvalue weighted by Crippen LogP contribution is -2.48. The van der Waals surface area contributed by atoms with Gasteiger partial charge < -0.3 is 19.5 Å². The quantitative estimate of drug-likeness (QED) is 0.330. The van der Waals surface area contributed by atoms with Crippen LogP contribution < -0.4 is 20.1 Å². The number of carbonyl (C=O) groups is 5. The number of fused-ring (bicyclic) bond motifs is 2. The Morgan fingerprint density at radius 2 is 1.67 bits per heavy atom. The number of hydrogen-bond donors (Lipinski definition) is 2. The van der Waals surface area contributed by atoms with E-state index in [-0.39, 0.29) is 24.2 Å². The van der Waals surface area contributed by atoms with Crippen molar-refractivity contribution in [1.29, 1.82) is 0 Å². The standard InChI is InChI=1S/C25H29N3O8/c1-14(2)11-18(28-22(30)16-5-3-4-6-17(16)23(28)31)24(32)36-13-21(29)27-25(33)26-15-7-8-19-20(12-15)35-10-9-34-19/h3-4,7-8,12,14,16-18H,5-6,9-11,13H2,1-2H3,(H2,26,27,29,33). The number of nitrogens with zero attached hydrogens (tertiary/aromatic N) is 1. The van der Waals surface area contributed by atoms with Crippen LogP contribution in [0.4, 0.5) is 10.5 Å². The molecule has 11 nitrogen and oxygen atoms in total. The molecule has 2 N–H and O–H groups in total. The molecule has 0 aromatic heterocycles. The second-order valence-corrected chi connectivity index (χ2v) is 9.32. The van der Waals surface area contributed by atoms with E-state index in [2.05, 4.69) is 10.6 Å². The molecule has 0 saturated carbocycles. The van der Waals surface area contributed by atoms with Crippen LogP contribution in [0.5, 0.6) is 11.5 Å². The molecule has 5 amide bonds. The largest absolute Gasteiger partial charge is 0.486 e. The zero-order chi connectivity index (χ0) is 25.8. The molecule has 3 atom stereocenters. The van der Waals surface area contributed by atoms with Crippen molar-refractivity contribution in [3.8, 4) is 11.5 Å². The van der Waals surface area contributed by atoms with Crippen LogP contribution in [0.15, 0.2) is 30.4 Å². The minimum Gasteiger partial charge on any atom is -0.486 e. The van der Waals surface area contributed by atoms with Crippen LogP contribution >= 0.6 is 0 Å². The molecule has 192 valence electrons. The third kappa shape index (κ3) is 5.50. The zero-order valence-corrected chi connectivity index (χ0v) is 20.2. The van der Waals surface area contributed by atoms with E-state index >= 15 is 0 Å². The number of likely N-dealkylation sites (tertiary alicyclic amines) is 1. The molecular formula is C25H29N3O8. The average Bonchev–Trinajstić information content (AvgIpc) is 3.10. The summed E-state index contributed by atoms with van der Waals surface area (Å²) in [5.41, 5.74) is 0.376. The van der Waals surface area contributed by atoms with Crippen LogP contribution in [0.2, 0.25) is 0 Å². The van der Waals surface area contributed by atoms with Gasteiger partial charge in [0.25, 0.3) is 5.91 Å². The summed E-state index contributed by atoms with van der Waals surface area (Å²) < 4.78 is 16.0. The number of anilines is 1. The molecule has 3 unspecified atom stereocenters. The van der Waals surface area contributed by atoms with E-state index in [1.54, 1.807) is 18.2 Å². The minimum atomic E-state index is -1.13. The van der Waals surface area contributed by atoms with Crippen LogP contribution in [-0.2, 0) is 23.9 Å². The van der Waals surface area contributed by atoms with Gasteiger partial charge in [-0.3, -0.25) is 24.6 Å². The van der Waals surface area contributed by atoms with Crippen molar-refractivity contribution in [3.05, 3.63) is 30.4 Å². The molecule has 36 heavy (non-hydrogen) atoms. The monoisotopic (exact) mass is 499 g/mol. The number of allylic oxidation sites excluding steroid dienone is 2. The van der Waals surface area contributed by atoms with Crippen LogP contribution in [0.25, 0.3) is 0 Å². The maximum Gasteiger partial charge on any atom is 0.329 e. The summed E-state index contributed by atoms with van der Waals surface area (Å²) in [7, 11) is 0. The van der Waals surface area contributed by atoms with Gasteiger partial charge in [-0.1, -0.05) is 26.0 Å². The highest BCUT2D eigenvalue weighted by atomic mass is 16.6. The third-order valence-electron chi connectivity index (χ3n) is 6.22. The topological polar surface area (TPSA) is 140 Å². The second kappa shape index (κ2) is 10.8. The van der Waals surface area contributed by atoms with Gasteiger partial charge in [-0.15, -0.1) is 0 Å². The Bertz CT molecular complexity index is 1070. The molecule has 0 bridgehead atoms. The summed E-state index contributed by atoms with van der Waals surface area (Å²) in [5.74, 6) is -2.45. The van der Waals surface area contributed by atoms with Crippen LogP contribution in [0.1, 0.15) is 33.1 Å². The summed E-state index contributed by atoms with van der Waals surface area (Å²) >= 11 is 0. The van der Waals surface area contributed by atoms with Gasteiger partial charge in [-0.05, 0) is 37.3 Å². The Labute approximate surface area is 208 Å². The van der Waals surface area contributed by atoms with Crippen LogP contribution in [-0.4, -0.2) is 60.5 Å². The van der Waals surface area contributed by atoms with E-state index in [4.69, 9.17) is 14.2 Å². The third-order valence-corrected chi connectivity index (χ3v) is 6.22. The first-order valence-electron chi connectivity index (χ1n) is 11.9. The Morgan fingerprint density at radius 1 is 1.03 bits per heavy atom. The van der Waals surface area contributed by atoms with Crippen molar-refractivity contribution >= 4 is 35.4 Å². The van der Waals surface area contributed by atoms with E-state index in [0.717, 1.165) is 4.90 Å². The van der Waals surface area contributed by atoms with Crippen molar-refractivity contribution in [2.45, 2.75) is 39.2 Å². The smallest absolute Gasteiger partial charge is 0.329 e.